The van der Waals surface area contributed by atoms with Crippen LogP contribution in [0.4, 0.5) is 5.69 Å². The predicted molar refractivity (Wildman–Crippen MR) is 92.4 cm³/mol. The van der Waals surface area contributed by atoms with Crippen LogP contribution >= 0.6 is 0 Å². The number of benzene rings is 1. The van der Waals surface area contributed by atoms with Crippen molar-refractivity contribution in [3.63, 3.8) is 0 Å². The maximum atomic E-state index is 12.6. The van der Waals surface area contributed by atoms with Gasteiger partial charge in [0.25, 0.3) is 5.69 Å². The van der Waals surface area contributed by atoms with Crippen molar-refractivity contribution in [1.29, 1.82) is 0 Å². The summed E-state index contributed by atoms with van der Waals surface area (Å²) in [4.78, 5) is 23.6. The largest absolute Gasteiger partial charge is 0.337 e. The molecule has 0 unspecified atom stereocenters. The summed E-state index contributed by atoms with van der Waals surface area (Å²) in [5.74, 6) is -0.175. The van der Waals surface area contributed by atoms with Gasteiger partial charge in [0.1, 0.15) is 0 Å². The van der Waals surface area contributed by atoms with Crippen molar-refractivity contribution in [2.75, 3.05) is 26.2 Å². The van der Waals surface area contributed by atoms with Gasteiger partial charge in [-0.05, 0) is 13.0 Å². The zero-order chi connectivity index (χ0) is 18.4. The molecule has 25 heavy (non-hydrogen) atoms. The highest BCUT2D eigenvalue weighted by Crippen LogP contribution is 2.22. The smallest absolute Gasteiger partial charge is 0.270 e. The van der Waals surface area contributed by atoms with E-state index in [-0.39, 0.29) is 42.7 Å². The van der Waals surface area contributed by atoms with Crippen LogP contribution in [0.2, 0.25) is 0 Å². The molecule has 0 radical (unpaired) electrons. The summed E-state index contributed by atoms with van der Waals surface area (Å²) in [5, 5.41) is 10.8. The molecule has 8 nitrogen and oxygen atoms in total. The minimum absolute atomic E-state index is 0.116. The van der Waals surface area contributed by atoms with Gasteiger partial charge >= 0.3 is 0 Å². The number of carbonyl (C=O) groups excluding carboxylic acids is 1. The number of piperazine rings is 1. The molecule has 134 valence electrons. The SMILES string of the molecule is C/C=C/C=C/C(=O)N1CCN(S(=O)(=O)c2cccc([N+](=O)[O-])c2)CC1. The van der Waals surface area contributed by atoms with E-state index in [9.17, 15) is 23.3 Å². The Morgan fingerprint density at radius 2 is 1.88 bits per heavy atom. The highest BCUT2D eigenvalue weighted by atomic mass is 32.2. The van der Waals surface area contributed by atoms with Crippen molar-refractivity contribution < 1.29 is 18.1 Å². The molecule has 0 saturated carbocycles. The van der Waals surface area contributed by atoms with Crippen molar-refractivity contribution in [2.45, 2.75) is 11.8 Å². The number of rotatable bonds is 5. The fourth-order valence-electron chi connectivity index (χ4n) is 2.41. The van der Waals surface area contributed by atoms with E-state index in [1.54, 1.807) is 23.1 Å². The van der Waals surface area contributed by atoms with Crippen LogP contribution in [0.25, 0.3) is 0 Å². The quantitative estimate of drug-likeness (QED) is 0.341. The van der Waals surface area contributed by atoms with Gasteiger partial charge in [-0.2, -0.15) is 4.31 Å². The molecule has 1 fully saturated rings. The standard InChI is InChI=1S/C16H19N3O5S/c1-2-3-4-8-16(20)17-9-11-18(12-10-17)25(23,24)15-7-5-6-14(13-15)19(21)22/h2-8,13H,9-12H2,1H3/b3-2+,8-4+. The zero-order valence-corrected chi connectivity index (χ0v) is 14.6. The normalized spacial score (nSPS) is 16.6. The number of sulfonamides is 1. The lowest BCUT2D eigenvalue weighted by Crippen LogP contribution is -2.50. The van der Waals surface area contributed by atoms with E-state index in [0.717, 1.165) is 6.07 Å². The Kier molecular flexibility index (Phi) is 6.05. The van der Waals surface area contributed by atoms with Gasteiger partial charge in [0.05, 0.1) is 9.82 Å². The van der Waals surface area contributed by atoms with E-state index in [2.05, 4.69) is 0 Å². The molecule has 1 aliphatic heterocycles. The average Bonchev–Trinajstić information content (AvgIpc) is 2.62. The number of amides is 1. The summed E-state index contributed by atoms with van der Waals surface area (Å²) >= 11 is 0. The van der Waals surface area contributed by atoms with Crippen molar-refractivity contribution in [2.24, 2.45) is 0 Å². The topological polar surface area (TPSA) is 101 Å². The molecule has 1 aromatic rings. The first kappa shape index (κ1) is 18.8. The molecule has 1 aliphatic rings. The lowest BCUT2D eigenvalue weighted by atomic mass is 10.3. The summed E-state index contributed by atoms with van der Waals surface area (Å²) < 4.78 is 26.5. The summed E-state index contributed by atoms with van der Waals surface area (Å²) in [7, 11) is -3.83. The number of allylic oxidation sites excluding steroid dienone is 3. The van der Waals surface area contributed by atoms with Gasteiger partial charge < -0.3 is 4.90 Å². The van der Waals surface area contributed by atoms with Crippen LogP contribution < -0.4 is 0 Å². The van der Waals surface area contributed by atoms with Crippen LogP contribution in [0.15, 0.2) is 53.5 Å². The van der Waals surface area contributed by atoms with Gasteiger partial charge in [0, 0.05) is 44.4 Å². The number of nitrogens with zero attached hydrogens (tertiary/aromatic N) is 3. The maximum absolute atomic E-state index is 12.6. The van der Waals surface area contributed by atoms with Gasteiger partial charge in [-0.3, -0.25) is 14.9 Å². The number of carbonyl (C=O) groups is 1. The van der Waals surface area contributed by atoms with Gasteiger partial charge in [0.15, 0.2) is 0 Å². The second-order valence-electron chi connectivity index (χ2n) is 5.37. The van der Waals surface area contributed by atoms with Crippen molar-refractivity contribution in [1.82, 2.24) is 9.21 Å². The van der Waals surface area contributed by atoms with Crippen LogP contribution in [-0.2, 0) is 14.8 Å². The third-order valence-electron chi connectivity index (χ3n) is 3.76. The Hall–Kier alpha value is -2.52. The highest BCUT2D eigenvalue weighted by molar-refractivity contribution is 7.89. The fraction of sp³-hybridized carbons (Fsp3) is 0.312. The van der Waals surface area contributed by atoms with Crippen LogP contribution in [0, 0.1) is 10.1 Å². The Labute approximate surface area is 146 Å². The van der Waals surface area contributed by atoms with Crippen molar-refractivity contribution in [3.05, 3.63) is 58.7 Å². The first-order valence-electron chi connectivity index (χ1n) is 7.69. The highest BCUT2D eigenvalue weighted by Gasteiger charge is 2.30. The third-order valence-corrected chi connectivity index (χ3v) is 5.65. The second kappa shape index (κ2) is 8.04. The Balaban J connectivity index is 2.08. The van der Waals surface area contributed by atoms with Crippen molar-refractivity contribution >= 4 is 21.6 Å². The molecule has 1 saturated heterocycles. The third kappa shape index (κ3) is 4.52. The summed E-state index contributed by atoms with van der Waals surface area (Å²) in [5.41, 5.74) is -0.274. The predicted octanol–water partition coefficient (Wildman–Crippen LogP) is 1.56. The monoisotopic (exact) mass is 365 g/mol. The summed E-state index contributed by atoms with van der Waals surface area (Å²) in [6.07, 6.45) is 6.60. The molecule has 1 heterocycles. The molecule has 0 bridgehead atoms. The molecular formula is C16H19N3O5S. The number of hydrogen-bond acceptors (Lipinski definition) is 5. The number of hydrogen-bond donors (Lipinski definition) is 0. The van der Waals surface area contributed by atoms with Crippen LogP contribution in [0.1, 0.15) is 6.92 Å². The first-order valence-corrected chi connectivity index (χ1v) is 9.13. The zero-order valence-electron chi connectivity index (χ0n) is 13.7. The lowest BCUT2D eigenvalue weighted by Gasteiger charge is -2.33. The van der Waals surface area contributed by atoms with Crippen molar-refractivity contribution in [3.8, 4) is 0 Å². The molecule has 2 rings (SSSR count). The fourth-order valence-corrected chi connectivity index (χ4v) is 3.87. The second-order valence-corrected chi connectivity index (χ2v) is 7.31. The molecule has 0 N–H and O–H groups in total. The first-order chi connectivity index (χ1) is 11.9. The van der Waals surface area contributed by atoms with E-state index in [1.165, 1.54) is 28.6 Å². The van der Waals surface area contributed by atoms with E-state index < -0.39 is 14.9 Å². The number of non-ortho nitro benzene ring substituents is 1. The molecule has 0 aliphatic carbocycles. The molecular weight excluding hydrogens is 346 g/mol. The Morgan fingerprint density at radius 3 is 2.48 bits per heavy atom. The number of nitro benzene ring substituents is 1. The van der Waals surface area contributed by atoms with Gasteiger partial charge in [-0.25, -0.2) is 8.42 Å². The number of nitro groups is 1. The van der Waals surface area contributed by atoms with E-state index in [4.69, 9.17) is 0 Å². The average molecular weight is 365 g/mol. The van der Waals surface area contributed by atoms with E-state index in [0.29, 0.717) is 0 Å². The summed E-state index contributed by atoms with van der Waals surface area (Å²) in [6.45, 7) is 2.68. The molecule has 0 atom stereocenters. The van der Waals surface area contributed by atoms with Crippen LogP contribution in [0.5, 0.6) is 0 Å². The molecule has 0 spiro atoms. The van der Waals surface area contributed by atoms with Crippen LogP contribution in [0.3, 0.4) is 0 Å². The Morgan fingerprint density at radius 1 is 1.20 bits per heavy atom. The van der Waals surface area contributed by atoms with Gasteiger partial charge in [-0.15, -0.1) is 0 Å². The van der Waals surface area contributed by atoms with Crippen LogP contribution in [-0.4, -0.2) is 54.6 Å². The van der Waals surface area contributed by atoms with E-state index >= 15 is 0 Å². The molecule has 1 aromatic carbocycles. The maximum Gasteiger partial charge on any atom is 0.270 e. The lowest BCUT2D eigenvalue weighted by molar-refractivity contribution is -0.385. The Bertz CT molecular complexity index is 809. The molecule has 0 aromatic heterocycles. The van der Waals surface area contributed by atoms with E-state index in [1.807, 2.05) is 6.92 Å². The minimum atomic E-state index is -3.83. The minimum Gasteiger partial charge on any atom is -0.337 e. The molecule has 9 heteroatoms. The molecule has 1 amide bonds. The summed E-state index contributed by atoms with van der Waals surface area (Å²) in [6, 6.07) is 4.97. The van der Waals surface area contributed by atoms with Gasteiger partial charge in [-0.1, -0.05) is 24.3 Å². The van der Waals surface area contributed by atoms with Gasteiger partial charge in [0.2, 0.25) is 15.9 Å².